The largest absolute Gasteiger partial charge is 0.486 e. The number of ether oxygens (including phenoxy) is 3. The van der Waals surface area contributed by atoms with E-state index in [0.717, 1.165) is 0 Å². The molecule has 2 aromatic carbocycles. The van der Waals surface area contributed by atoms with Gasteiger partial charge in [-0.2, -0.15) is 0 Å². The first-order chi connectivity index (χ1) is 9.63. The average Bonchev–Trinajstić information content (AvgIpc) is 2.43. The SMILES string of the molecule is Nc1cc2c(cc1Oc1cc(F)ccc1Br)OCCO2. The Morgan fingerprint density at radius 3 is 2.50 bits per heavy atom. The van der Waals surface area contributed by atoms with Crippen molar-refractivity contribution in [1.29, 1.82) is 0 Å². The van der Waals surface area contributed by atoms with E-state index in [1.807, 2.05) is 0 Å². The van der Waals surface area contributed by atoms with E-state index in [1.54, 1.807) is 18.2 Å². The smallest absolute Gasteiger partial charge is 0.165 e. The Hall–Kier alpha value is -1.95. The minimum Gasteiger partial charge on any atom is -0.486 e. The molecule has 0 radical (unpaired) electrons. The summed E-state index contributed by atoms with van der Waals surface area (Å²) in [6, 6.07) is 7.46. The number of benzene rings is 2. The Balaban J connectivity index is 1.96. The van der Waals surface area contributed by atoms with Gasteiger partial charge in [-0.3, -0.25) is 0 Å². The summed E-state index contributed by atoms with van der Waals surface area (Å²) < 4.78 is 30.4. The molecule has 1 heterocycles. The van der Waals surface area contributed by atoms with Crippen molar-refractivity contribution >= 4 is 21.6 Å². The van der Waals surface area contributed by atoms with Crippen LogP contribution in [0.4, 0.5) is 10.1 Å². The fraction of sp³-hybridized carbons (Fsp3) is 0.143. The maximum atomic E-state index is 13.2. The van der Waals surface area contributed by atoms with Gasteiger partial charge in [-0.25, -0.2) is 4.39 Å². The fourth-order valence-corrected chi connectivity index (χ4v) is 2.18. The molecule has 1 aliphatic heterocycles. The molecule has 2 aromatic rings. The summed E-state index contributed by atoms with van der Waals surface area (Å²) in [6.07, 6.45) is 0. The van der Waals surface area contributed by atoms with Crippen LogP contribution in [-0.2, 0) is 0 Å². The van der Waals surface area contributed by atoms with E-state index in [1.165, 1.54) is 12.1 Å². The zero-order valence-electron chi connectivity index (χ0n) is 10.4. The number of halogens is 2. The van der Waals surface area contributed by atoms with Crippen LogP contribution in [0.25, 0.3) is 0 Å². The van der Waals surface area contributed by atoms with E-state index >= 15 is 0 Å². The second-order valence-electron chi connectivity index (χ2n) is 4.21. The molecule has 3 rings (SSSR count). The highest BCUT2D eigenvalue weighted by Gasteiger charge is 2.16. The molecule has 0 bridgehead atoms. The monoisotopic (exact) mass is 339 g/mol. The predicted molar refractivity (Wildman–Crippen MR) is 76.0 cm³/mol. The molecule has 0 unspecified atom stereocenters. The molecule has 4 nitrogen and oxygen atoms in total. The number of fused-ring (bicyclic) bond motifs is 1. The molecule has 0 aliphatic carbocycles. The Kier molecular flexibility index (Phi) is 3.40. The predicted octanol–water partition coefficient (Wildman–Crippen LogP) is 3.73. The first kappa shape index (κ1) is 13.1. The highest BCUT2D eigenvalue weighted by Crippen LogP contribution is 2.41. The molecule has 0 atom stereocenters. The summed E-state index contributed by atoms with van der Waals surface area (Å²) in [7, 11) is 0. The van der Waals surface area contributed by atoms with Crippen LogP contribution in [0.5, 0.6) is 23.0 Å². The van der Waals surface area contributed by atoms with Gasteiger partial charge in [-0.1, -0.05) is 0 Å². The Bertz CT molecular complexity index is 663. The van der Waals surface area contributed by atoms with E-state index in [4.69, 9.17) is 19.9 Å². The van der Waals surface area contributed by atoms with Crippen molar-refractivity contribution < 1.29 is 18.6 Å². The lowest BCUT2D eigenvalue weighted by Gasteiger charge is -2.20. The van der Waals surface area contributed by atoms with Gasteiger partial charge < -0.3 is 19.9 Å². The van der Waals surface area contributed by atoms with Crippen LogP contribution >= 0.6 is 15.9 Å². The van der Waals surface area contributed by atoms with Crippen molar-refractivity contribution in [3.8, 4) is 23.0 Å². The fourth-order valence-electron chi connectivity index (χ4n) is 1.85. The molecule has 0 saturated heterocycles. The molecule has 0 aromatic heterocycles. The van der Waals surface area contributed by atoms with Gasteiger partial charge in [-0.05, 0) is 28.1 Å². The standard InChI is InChI=1S/C14H11BrFNO3/c15-9-2-1-8(16)5-11(9)20-12-7-14-13(6-10(12)17)18-3-4-19-14/h1-2,5-7H,3-4,17H2. The molecular weight excluding hydrogens is 329 g/mol. The van der Waals surface area contributed by atoms with Gasteiger partial charge in [0.15, 0.2) is 17.2 Å². The second kappa shape index (κ2) is 5.20. The van der Waals surface area contributed by atoms with Gasteiger partial charge in [-0.15, -0.1) is 0 Å². The van der Waals surface area contributed by atoms with Gasteiger partial charge in [0, 0.05) is 18.2 Å². The van der Waals surface area contributed by atoms with E-state index in [0.29, 0.717) is 46.4 Å². The summed E-state index contributed by atoms with van der Waals surface area (Å²) in [5.74, 6) is 1.49. The minimum absolute atomic E-state index is 0.341. The Labute approximate surface area is 123 Å². The summed E-state index contributed by atoms with van der Waals surface area (Å²) in [6.45, 7) is 0.960. The summed E-state index contributed by atoms with van der Waals surface area (Å²) >= 11 is 3.30. The van der Waals surface area contributed by atoms with E-state index in [2.05, 4.69) is 15.9 Å². The van der Waals surface area contributed by atoms with Gasteiger partial charge in [0.1, 0.15) is 24.8 Å². The number of hydrogen-bond acceptors (Lipinski definition) is 4. The normalized spacial score (nSPS) is 13.1. The lowest BCUT2D eigenvalue weighted by atomic mass is 10.2. The molecule has 0 saturated carbocycles. The van der Waals surface area contributed by atoms with Crippen molar-refractivity contribution in [1.82, 2.24) is 0 Å². The zero-order chi connectivity index (χ0) is 14.1. The molecule has 2 N–H and O–H groups in total. The highest BCUT2D eigenvalue weighted by atomic mass is 79.9. The molecule has 104 valence electrons. The third-order valence-corrected chi connectivity index (χ3v) is 3.44. The molecule has 0 amide bonds. The third kappa shape index (κ3) is 2.51. The lowest BCUT2D eigenvalue weighted by molar-refractivity contribution is 0.171. The minimum atomic E-state index is -0.390. The Morgan fingerprint density at radius 2 is 1.75 bits per heavy atom. The molecule has 1 aliphatic rings. The number of nitrogen functional groups attached to an aromatic ring is 1. The topological polar surface area (TPSA) is 53.7 Å². The average molecular weight is 340 g/mol. The number of anilines is 1. The van der Waals surface area contributed by atoms with Crippen LogP contribution in [0.2, 0.25) is 0 Å². The van der Waals surface area contributed by atoms with Crippen molar-refractivity contribution in [3.63, 3.8) is 0 Å². The molecule has 20 heavy (non-hydrogen) atoms. The van der Waals surface area contributed by atoms with Crippen LogP contribution in [0.15, 0.2) is 34.8 Å². The Morgan fingerprint density at radius 1 is 1.05 bits per heavy atom. The van der Waals surface area contributed by atoms with Crippen molar-refractivity contribution in [2.75, 3.05) is 18.9 Å². The van der Waals surface area contributed by atoms with Gasteiger partial charge in [0.2, 0.25) is 0 Å². The van der Waals surface area contributed by atoms with Gasteiger partial charge in [0.05, 0.1) is 10.2 Å². The van der Waals surface area contributed by atoms with Gasteiger partial charge in [0.25, 0.3) is 0 Å². The van der Waals surface area contributed by atoms with E-state index in [-0.39, 0.29) is 5.82 Å². The number of rotatable bonds is 2. The van der Waals surface area contributed by atoms with Crippen LogP contribution in [0.1, 0.15) is 0 Å². The van der Waals surface area contributed by atoms with Crippen molar-refractivity contribution in [2.24, 2.45) is 0 Å². The van der Waals surface area contributed by atoms with Crippen LogP contribution < -0.4 is 19.9 Å². The summed E-state index contributed by atoms with van der Waals surface area (Å²) in [5.41, 5.74) is 6.30. The third-order valence-electron chi connectivity index (χ3n) is 2.79. The maximum Gasteiger partial charge on any atom is 0.165 e. The van der Waals surface area contributed by atoms with Crippen LogP contribution in [0.3, 0.4) is 0 Å². The van der Waals surface area contributed by atoms with Crippen LogP contribution in [-0.4, -0.2) is 13.2 Å². The quantitative estimate of drug-likeness (QED) is 0.847. The first-order valence-corrected chi connectivity index (χ1v) is 6.75. The summed E-state index contributed by atoms with van der Waals surface area (Å²) in [4.78, 5) is 0. The lowest BCUT2D eigenvalue weighted by Crippen LogP contribution is -2.15. The first-order valence-electron chi connectivity index (χ1n) is 5.95. The van der Waals surface area contributed by atoms with E-state index in [9.17, 15) is 4.39 Å². The zero-order valence-corrected chi connectivity index (χ0v) is 11.9. The number of hydrogen-bond donors (Lipinski definition) is 1. The van der Waals surface area contributed by atoms with Crippen molar-refractivity contribution in [2.45, 2.75) is 0 Å². The second-order valence-corrected chi connectivity index (χ2v) is 5.06. The maximum absolute atomic E-state index is 13.2. The summed E-state index contributed by atoms with van der Waals surface area (Å²) in [5, 5.41) is 0. The van der Waals surface area contributed by atoms with E-state index < -0.39 is 0 Å². The van der Waals surface area contributed by atoms with Gasteiger partial charge >= 0.3 is 0 Å². The van der Waals surface area contributed by atoms with Crippen LogP contribution in [0, 0.1) is 5.82 Å². The highest BCUT2D eigenvalue weighted by molar-refractivity contribution is 9.10. The molecule has 6 heteroatoms. The number of nitrogens with two attached hydrogens (primary N) is 1. The molecule has 0 spiro atoms. The molecule has 0 fully saturated rings. The van der Waals surface area contributed by atoms with Crippen molar-refractivity contribution in [3.05, 3.63) is 40.6 Å². The molecular formula is C14H11BrFNO3.